The maximum atomic E-state index is 13.9. The van der Waals surface area contributed by atoms with Crippen LogP contribution in [-0.4, -0.2) is 132 Å². The van der Waals surface area contributed by atoms with Crippen molar-refractivity contribution in [3.63, 3.8) is 0 Å². The van der Waals surface area contributed by atoms with Crippen LogP contribution in [0.4, 0.5) is 11.5 Å². The normalized spacial score (nSPS) is 15.5. The van der Waals surface area contributed by atoms with Gasteiger partial charge in [-0.3, -0.25) is 28.7 Å². The predicted octanol–water partition coefficient (Wildman–Crippen LogP) is 8.22. The average Bonchev–Trinajstić information content (AvgIpc) is 4.04. The molecule has 2 aromatic carbocycles. The Bertz CT molecular complexity index is 3140. The van der Waals surface area contributed by atoms with Crippen molar-refractivity contribution in [1.82, 2.24) is 54.5 Å². The number of carbonyl (C=O) groups excluding carboxylic acids is 4. The zero-order valence-corrected chi connectivity index (χ0v) is 45.9. The molecule has 18 nitrogen and oxygen atoms in total. The van der Waals surface area contributed by atoms with Crippen LogP contribution in [0, 0.1) is 34.6 Å². The van der Waals surface area contributed by atoms with E-state index < -0.39 is 11.9 Å². The van der Waals surface area contributed by atoms with Crippen LogP contribution >= 0.6 is 22.9 Å². The fraction of sp³-hybridized carbons (Fsp3) is 0.455. The van der Waals surface area contributed by atoms with E-state index in [9.17, 15) is 19.2 Å². The van der Waals surface area contributed by atoms with Crippen molar-refractivity contribution < 1.29 is 19.2 Å². The summed E-state index contributed by atoms with van der Waals surface area (Å²) in [5, 5.41) is 21.9. The fourth-order valence-electron chi connectivity index (χ4n) is 9.82. The Hall–Kier alpha value is -6.83. The third-order valence-electron chi connectivity index (χ3n) is 14.5. The van der Waals surface area contributed by atoms with Crippen molar-refractivity contribution >= 4 is 74.8 Å². The molecule has 0 aliphatic carbocycles. The molecule has 0 bridgehead atoms. The smallest absolute Gasteiger partial charge is 0.277 e. The van der Waals surface area contributed by atoms with E-state index in [1.165, 1.54) is 11.2 Å². The number of aliphatic imine (C=N–C) groups is 1. The van der Waals surface area contributed by atoms with E-state index in [1.54, 1.807) is 47.2 Å². The van der Waals surface area contributed by atoms with Crippen LogP contribution < -0.4 is 16.4 Å². The summed E-state index contributed by atoms with van der Waals surface area (Å²) in [5.74, 6) is 0.977. The molecular formula is C55H69ClN14O4S. The van der Waals surface area contributed by atoms with Crippen LogP contribution in [0.25, 0.3) is 16.0 Å². The van der Waals surface area contributed by atoms with E-state index in [0.29, 0.717) is 53.7 Å². The number of nitrogen functional groups attached to an aromatic ring is 1. The lowest BCUT2D eigenvalue weighted by atomic mass is 9.98. The van der Waals surface area contributed by atoms with Crippen LogP contribution in [-0.2, 0) is 20.8 Å². The van der Waals surface area contributed by atoms with Gasteiger partial charge in [0.25, 0.3) is 5.91 Å². The molecule has 396 valence electrons. The van der Waals surface area contributed by atoms with Gasteiger partial charge in [0.05, 0.1) is 30.0 Å². The molecule has 20 heteroatoms. The lowest BCUT2D eigenvalue weighted by Crippen LogP contribution is -2.40. The first-order chi connectivity index (χ1) is 36.0. The molecule has 6 aromatic rings. The first-order valence-corrected chi connectivity index (χ1v) is 27.1. The van der Waals surface area contributed by atoms with Crippen molar-refractivity contribution in [2.45, 2.75) is 111 Å². The maximum Gasteiger partial charge on any atom is 0.277 e. The van der Waals surface area contributed by atoms with Gasteiger partial charge in [0.15, 0.2) is 17.2 Å². The number of anilines is 2. The minimum absolute atomic E-state index is 0.00677. The minimum Gasteiger partial charge on any atom is -0.383 e. The summed E-state index contributed by atoms with van der Waals surface area (Å²) in [7, 11) is 5.52. The Balaban J connectivity index is 0.755. The van der Waals surface area contributed by atoms with E-state index in [4.69, 9.17) is 27.4 Å². The van der Waals surface area contributed by atoms with Crippen LogP contribution in [0.1, 0.15) is 130 Å². The van der Waals surface area contributed by atoms with Gasteiger partial charge >= 0.3 is 0 Å². The Kier molecular flexibility index (Phi) is 17.6. The number of carbonyl (C=O) groups is 4. The number of thiophene rings is 1. The largest absolute Gasteiger partial charge is 0.383 e. The number of aromatic nitrogens is 7. The number of hydrogen-bond donors (Lipinski definition) is 3. The number of nitrogens with one attached hydrogen (secondary N) is 2. The first-order valence-electron chi connectivity index (χ1n) is 25.9. The SMILES string of the molecule is Cc1sc2c(c1C)C(c1ccc(Cl)cc1)=N[C@@H](CC(=O)NCCCCCCCCN(C)C/C=C/C(=O)N1CCC[C@@H](n3nc(C(=O)Nc4ccc(CC(=O)N(C)C)c(C)c4C)c4c(N)ncnc43)C1)c1nnc(C)n1-2. The molecule has 0 spiro atoms. The number of benzene rings is 2. The van der Waals surface area contributed by atoms with E-state index >= 15 is 0 Å². The van der Waals surface area contributed by atoms with E-state index in [0.717, 1.165) is 108 Å². The number of nitrogens with zero attached hydrogens (tertiary/aromatic N) is 11. The van der Waals surface area contributed by atoms with Crippen LogP contribution in [0.3, 0.4) is 0 Å². The van der Waals surface area contributed by atoms with Crippen LogP contribution in [0.5, 0.6) is 0 Å². The van der Waals surface area contributed by atoms with Gasteiger partial charge < -0.3 is 31.1 Å². The number of unbranched alkanes of at least 4 members (excludes halogenated alkanes) is 5. The zero-order chi connectivity index (χ0) is 53.5. The number of aryl methyl sites for hydroxylation is 2. The number of likely N-dealkylation sites (tertiary alicyclic amines) is 1. The highest BCUT2D eigenvalue weighted by Gasteiger charge is 2.33. The van der Waals surface area contributed by atoms with Gasteiger partial charge in [0, 0.05) is 73.1 Å². The van der Waals surface area contributed by atoms with E-state index in [1.807, 2.05) is 62.1 Å². The van der Waals surface area contributed by atoms with Gasteiger partial charge in [0.2, 0.25) is 17.7 Å². The number of nitrogens with two attached hydrogens (primary N) is 1. The van der Waals surface area contributed by atoms with Gasteiger partial charge in [-0.1, -0.05) is 61.6 Å². The molecule has 1 fully saturated rings. The summed E-state index contributed by atoms with van der Waals surface area (Å²) in [6, 6.07) is 10.6. The third-order valence-corrected chi connectivity index (χ3v) is 15.9. The second-order valence-electron chi connectivity index (χ2n) is 20.0. The van der Waals surface area contributed by atoms with Gasteiger partial charge in [-0.05, 0) is 114 Å². The second-order valence-corrected chi connectivity index (χ2v) is 21.7. The molecule has 0 saturated carbocycles. The fourth-order valence-corrected chi connectivity index (χ4v) is 11.2. The first kappa shape index (κ1) is 54.4. The highest BCUT2D eigenvalue weighted by atomic mass is 35.5. The second kappa shape index (κ2) is 24.2. The molecule has 2 aliphatic rings. The minimum atomic E-state index is -0.501. The Morgan fingerprint density at radius 1 is 0.907 bits per heavy atom. The highest BCUT2D eigenvalue weighted by Crippen LogP contribution is 2.40. The molecule has 4 N–H and O–H groups in total. The third kappa shape index (κ3) is 12.5. The summed E-state index contributed by atoms with van der Waals surface area (Å²) in [5.41, 5.74) is 14.1. The van der Waals surface area contributed by atoms with Crippen molar-refractivity contribution in [3.8, 4) is 5.00 Å². The summed E-state index contributed by atoms with van der Waals surface area (Å²) in [4.78, 5) is 73.9. The summed E-state index contributed by atoms with van der Waals surface area (Å²) in [6.07, 6.45) is 13.1. The van der Waals surface area contributed by atoms with Gasteiger partial charge in [0.1, 0.15) is 29.0 Å². The number of hydrogen-bond acceptors (Lipinski definition) is 13. The quantitative estimate of drug-likeness (QED) is 0.0489. The van der Waals surface area contributed by atoms with Gasteiger partial charge in [-0.2, -0.15) is 5.10 Å². The van der Waals surface area contributed by atoms with E-state index in [-0.39, 0.29) is 48.1 Å². The number of halogens is 1. The zero-order valence-electron chi connectivity index (χ0n) is 44.4. The molecule has 1 saturated heterocycles. The van der Waals surface area contributed by atoms with Crippen molar-refractivity contribution in [1.29, 1.82) is 0 Å². The lowest BCUT2D eigenvalue weighted by molar-refractivity contribution is -0.128. The van der Waals surface area contributed by atoms with E-state index in [2.05, 4.69) is 61.2 Å². The Morgan fingerprint density at radius 3 is 2.41 bits per heavy atom. The summed E-state index contributed by atoms with van der Waals surface area (Å²) in [6.45, 7) is 13.2. The summed E-state index contributed by atoms with van der Waals surface area (Å²) < 4.78 is 3.78. The molecular weight excluding hydrogens is 988 g/mol. The molecule has 0 radical (unpaired) electrons. The van der Waals surface area contributed by atoms with Crippen molar-refractivity contribution in [2.75, 3.05) is 64.9 Å². The molecule has 0 unspecified atom stereocenters. The predicted molar refractivity (Wildman–Crippen MR) is 296 cm³/mol. The Morgan fingerprint density at radius 2 is 1.65 bits per heavy atom. The molecule has 4 amide bonds. The van der Waals surface area contributed by atoms with Crippen molar-refractivity contribution in [3.05, 3.63) is 116 Å². The number of amides is 4. The maximum absolute atomic E-state index is 13.9. The van der Waals surface area contributed by atoms with Gasteiger partial charge in [-0.25, -0.2) is 14.6 Å². The van der Waals surface area contributed by atoms with Crippen molar-refractivity contribution in [2.24, 2.45) is 4.99 Å². The van der Waals surface area contributed by atoms with Crippen LogP contribution in [0.15, 0.2) is 59.9 Å². The molecule has 2 aliphatic heterocycles. The molecule has 8 rings (SSSR count). The number of piperidine rings is 1. The molecule has 75 heavy (non-hydrogen) atoms. The average molecular weight is 1060 g/mol. The Labute approximate surface area is 447 Å². The number of likely N-dealkylation sites (N-methyl/N-ethyl adjacent to an activating group) is 2. The monoisotopic (exact) mass is 1060 g/mol. The topological polar surface area (TPSA) is 215 Å². The number of rotatable bonds is 20. The molecule has 6 heterocycles. The lowest BCUT2D eigenvalue weighted by Gasteiger charge is -2.32. The van der Waals surface area contributed by atoms with Gasteiger partial charge in [-0.15, -0.1) is 21.5 Å². The highest BCUT2D eigenvalue weighted by molar-refractivity contribution is 7.15. The molecule has 2 atom stereocenters. The van der Waals surface area contributed by atoms with Crippen LogP contribution in [0.2, 0.25) is 5.02 Å². The summed E-state index contributed by atoms with van der Waals surface area (Å²) >= 11 is 7.95. The standard InChI is InChI=1S/C55H69ClN14O4S/c1-33-34(2)42(24-21-39(33)29-46(73)66(6)7)62-54(74)50-48-51(57)59-32-60-53(48)70(65-50)41-17-15-28-68(31-41)45(72)18-16-27-67(8)26-14-12-10-9-11-13-25-58-44(71)30-43-52-64-63-37(5)69(52)55-47(35(3)36(4)75-55)49(61-43)38-19-22-40(56)23-20-38/h16,18-24,32,41,43H,9-15,17,25-31H2,1-8H3,(H,58,71)(H,62,74)(H2,57,59,60)/b18-16+/t41-,43+/m1/s1. The molecule has 4 aromatic heterocycles. The number of fused-ring (bicyclic) bond motifs is 4.